The minimum absolute atomic E-state index is 0.156. The first-order chi connectivity index (χ1) is 14.5. The van der Waals surface area contributed by atoms with E-state index in [1.54, 1.807) is 0 Å². The van der Waals surface area contributed by atoms with E-state index < -0.39 is 17.4 Å². The molecule has 0 saturated heterocycles. The third kappa shape index (κ3) is 18.0. The maximum Gasteiger partial charge on any atom is 0.333 e. The number of aliphatic hydroxyl groups is 3. The summed E-state index contributed by atoms with van der Waals surface area (Å²) in [4.78, 5) is 31.5. The second-order valence-electron chi connectivity index (χ2n) is 6.54. The molecule has 0 aliphatic rings. The van der Waals surface area contributed by atoms with Gasteiger partial charge in [0.15, 0.2) is 0 Å². The molecule has 0 aliphatic heterocycles. The van der Waals surface area contributed by atoms with Crippen LogP contribution in [-0.2, 0) is 23.9 Å². The van der Waals surface area contributed by atoms with Crippen LogP contribution >= 0.6 is 0 Å². The van der Waals surface area contributed by atoms with E-state index in [4.69, 9.17) is 20.4 Å². The van der Waals surface area contributed by atoms with E-state index >= 15 is 0 Å². The number of allylic oxidation sites excluding steroid dienone is 1. The van der Waals surface area contributed by atoms with Crippen LogP contribution in [0.5, 0.6) is 0 Å². The number of carbonyl (C=O) groups is 3. The predicted molar refractivity (Wildman–Crippen MR) is 117 cm³/mol. The Kier molecular flexibility index (Phi) is 22.2. The molecule has 9 heteroatoms. The minimum atomic E-state index is -1.00. The van der Waals surface area contributed by atoms with Gasteiger partial charge in [0.1, 0.15) is 0 Å². The van der Waals surface area contributed by atoms with Gasteiger partial charge in [-0.3, -0.25) is 0 Å². The Morgan fingerprint density at radius 3 is 1.87 bits per heavy atom. The van der Waals surface area contributed by atoms with Gasteiger partial charge in [-0.2, -0.15) is 0 Å². The Bertz CT molecular complexity index is 558. The first-order valence-electron chi connectivity index (χ1n) is 9.82. The van der Waals surface area contributed by atoms with Crippen LogP contribution in [0.4, 0.5) is 0 Å². The van der Waals surface area contributed by atoms with Crippen molar-refractivity contribution in [3.05, 3.63) is 36.5 Å². The Morgan fingerprint density at radius 1 is 1.06 bits per heavy atom. The van der Waals surface area contributed by atoms with Crippen molar-refractivity contribution >= 4 is 17.9 Å². The number of carbonyl (C=O) groups excluding carboxylic acids is 2. The second-order valence-corrected chi connectivity index (χ2v) is 6.54. The highest BCUT2D eigenvalue weighted by molar-refractivity contribution is 5.89. The van der Waals surface area contributed by atoms with Crippen molar-refractivity contribution < 1.29 is 44.3 Å². The fourth-order valence-electron chi connectivity index (χ4n) is 1.45. The molecule has 4 N–H and O–H groups in total. The van der Waals surface area contributed by atoms with E-state index in [1.807, 2.05) is 13.8 Å². The van der Waals surface area contributed by atoms with Crippen LogP contribution in [0.15, 0.2) is 36.5 Å². The Labute approximate surface area is 184 Å². The third-order valence-corrected chi connectivity index (χ3v) is 4.13. The zero-order chi connectivity index (χ0) is 24.9. The summed E-state index contributed by atoms with van der Waals surface area (Å²) >= 11 is 0. The molecule has 0 aromatic carbocycles. The lowest BCUT2D eigenvalue weighted by molar-refractivity contribution is -0.138. The Morgan fingerprint density at radius 2 is 1.58 bits per heavy atom. The molecule has 0 saturated carbocycles. The summed E-state index contributed by atoms with van der Waals surface area (Å²) in [6.45, 7) is 12.1. The van der Waals surface area contributed by atoms with Crippen molar-refractivity contribution in [3.8, 4) is 0 Å². The summed E-state index contributed by atoms with van der Waals surface area (Å²) in [5, 5.41) is 34.4. The van der Waals surface area contributed by atoms with E-state index in [0.29, 0.717) is 13.0 Å². The van der Waals surface area contributed by atoms with Crippen molar-refractivity contribution in [1.29, 1.82) is 0 Å². The molecule has 0 fully saturated rings. The Hall–Kier alpha value is -2.49. The smallest absolute Gasteiger partial charge is 0.333 e. The Balaban J connectivity index is -0.000000390. The minimum Gasteiger partial charge on any atom is -0.478 e. The molecule has 0 rings (SSSR count). The van der Waals surface area contributed by atoms with Gasteiger partial charge in [0.25, 0.3) is 0 Å². The van der Waals surface area contributed by atoms with Gasteiger partial charge in [0.05, 0.1) is 33.5 Å². The molecule has 0 atom stereocenters. The number of unbranched alkanes of at least 4 members (excludes halogenated alkanes) is 1. The average molecular weight is 447 g/mol. The first kappa shape index (κ1) is 33.2. The van der Waals surface area contributed by atoms with Crippen molar-refractivity contribution in [3.63, 3.8) is 0 Å². The van der Waals surface area contributed by atoms with Crippen LogP contribution in [0.2, 0.25) is 0 Å². The quantitative estimate of drug-likeness (QED) is 0.200. The number of esters is 2. The largest absolute Gasteiger partial charge is 0.478 e. The molecule has 0 amide bonds. The number of rotatable bonds is 12. The fourth-order valence-corrected chi connectivity index (χ4v) is 1.45. The molecule has 0 heterocycles. The molecule has 0 spiro atoms. The van der Waals surface area contributed by atoms with Gasteiger partial charge in [-0.1, -0.05) is 39.5 Å². The van der Waals surface area contributed by atoms with E-state index in [9.17, 15) is 14.4 Å². The van der Waals surface area contributed by atoms with Crippen LogP contribution in [0.1, 0.15) is 46.5 Å². The number of carboxylic acid groups (broad SMARTS) is 1. The van der Waals surface area contributed by atoms with Crippen molar-refractivity contribution in [1.82, 2.24) is 0 Å². The van der Waals surface area contributed by atoms with Crippen molar-refractivity contribution in [2.24, 2.45) is 5.41 Å². The topological polar surface area (TPSA) is 151 Å². The zero-order valence-corrected chi connectivity index (χ0v) is 19.1. The number of hydrogen-bond donors (Lipinski definition) is 4. The van der Waals surface area contributed by atoms with Crippen LogP contribution in [-0.4, -0.2) is 71.9 Å². The molecule has 0 aromatic heterocycles. The fraction of sp³-hybridized carbons (Fsp3) is 0.591. The summed E-state index contributed by atoms with van der Waals surface area (Å²) in [7, 11) is 1.25. The maximum absolute atomic E-state index is 10.8. The highest BCUT2D eigenvalue weighted by Crippen LogP contribution is 2.18. The van der Waals surface area contributed by atoms with Gasteiger partial charge < -0.3 is 29.9 Å². The summed E-state index contributed by atoms with van der Waals surface area (Å²) in [5.74, 6) is -1.85. The highest BCUT2D eigenvalue weighted by atomic mass is 16.5. The molecular formula is C22H38O9. The molecule has 31 heavy (non-hydrogen) atoms. The molecule has 0 aliphatic carbocycles. The van der Waals surface area contributed by atoms with Gasteiger partial charge in [0, 0.05) is 22.6 Å². The van der Waals surface area contributed by atoms with Gasteiger partial charge in [0.2, 0.25) is 0 Å². The lowest BCUT2D eigenvalue weighted by Gasteiger charge is -2.24. The molecule has 180 valence electrons. The molecule has 9 nitrogen and oxygen atoms in total. The normalized spacial score (nSPS) is 10.5. The number of aliphatic carboxylic acids is 1. The highest BCUT2D eigenvalue weighted by Gasteiger charge is 2.24. The van der Waals surface area contributed by atoms with E-state index in [-0.39, 0.29) is 43.4 Å². The number of hydrogen-bond acceptors (Lipinski definition) is 8. The maximum atomic E-state index is 10.8. The van der Waals surface area contributed by atoms with E-state index in [0.717, 1.165) is 12.8 Å². The van der Waals surface area contributed by atoms with Gasteiger partial charge in [-0.05, 0) is 26.2 Å². The van der Waals surface area contributed by atoms with Crippen molar-refractivity contribution in [2.75, 3.05) is 33.5 Å². The molecule has 0 bridgehead atoms. The van der Waals surface area contributed by atoms with Crippen LogP contribution < -0.4 is 0 Å². The summed E-state index contributed by atoms with van der Waals surface area (Å²) in [6.07, 6.45) is 5.36. The zero-order valence-electron chi connectivity index (χ0n) is 19.1. The number of carboxylic acids is 1. The monoisotopic (exact) mass is 446 g/mol. The van der Waals surface area contributed by atoms with E-state index in [1.165, 1.54) is 26.2 Å². The van der Waals surface area contributed by atoms with Crippen LogP contribution in [0.3, 0.4) is 0 Å². The predicted octanol–water partition coefficient (Wildman–Crippen LogP) is 2.01. The average Bonchev–Trinajstić information content (AvgIpc) is 2.79. The molecular weight excluding hydrogens is 408 g/mol. The van der Waals surface area contributed by atoms with Gasteiger partial charge in [-0.15, -0.1) is 0 Å². The van der Waals surface area contributed by atoms with Crippen molar-refractivity contribution in [2.45, 2.75) is 46.5 Å². The number of ether oxygens (including phenoxy) is 2. The van der Waals surface area contributed by atoms with Gasteiger partial charge >= 0.3 is 17.9 Å². The summed E-state index contributed by atoms with van der Waals surface area (Å²) in [6, 6.07) is 0. The summed E-state index contributed by atoms with van der Waals surface area (Å²) in [5.41, 5.74) is -0.242. The number of aliphatic hydroxyl groups excluding tert-OH is 3. The molecule has 0 radical (unpaired) electrons. The van der Waals surface area contributed by atoms with Gasteiger partial charge in [-0.25, -0.2) is 14.4 Å². The molecule has 0 aromatic rings. The summed E-state index contributed by atoms with van der Waals surface area (Å²) < 4.78 is 9.06. The number of methoxy groups -OCH3 is 1. The van der Waals surface area contributed by atoms with Crippen LogP contribution in [0, 0.1) is 5.41 Å². The SMILES string of the molecule is C=C(CC=C(C)C(=O)O)C(=O)OC.C=CC(=O)OCCCC.CCC(CO)(CO)CO. The third-order valence-electron chi connectivity index (χ3n) is 4.13. The first-order valence-corrected chi connectivity index (χ1v) is 9.82. The standard InChI is InChI=1S/C9H12O4.C7H12O2.C6H14O3/c1-6(8(10)11)4-5-7(2)9(12)13-3;1-3-5-6-9-7(8)4-2;1-2-6(3-7,4-8)5-9/h4H,2,5H2,1,3H3,(H,10,11);4H,2-3,5-6H2,1H3;7-9H,2-5H2,1H3. The lowest BCUT2D eigenvalue weighted by atomic mass is 9.88. The lowest BCUT2D eigenvalue weighted by Crippen LogP contribution is -2.32. The van der Waals surface area contributed by atoms with Crippen LogP contribution in [0.25, 0.3) is 0 Å². The molecule has 0 unspecified atom stereocenters. The van der Waals surface area contributed by atoms with E-state index in [2.05, 4.69) is 22.6 Å². The second kappa shape index (κ2) is 20.8.